The number of benzene rings is 1. The van der Waals surface area contributed by atoms with E-state index in [4.69, 9.17) is 9.47 Å². The largest absolute Gasteiger partial charge is 0.490 e. The lowest BCUT2D eigenvalue weighted by Gasteiger charge is -2.39. The lowest BCUT2D eigenvalue weighted by atomic mass is 9.95. The van der Waals surface area contributed by atoms with E-state index in [0.29, 0.717) is 31.3 Å². The third-order valence-electron chi connectivity index (χ3n) is 6.56. The van der Waals surface area contributed by atoms with Gasteiger partial charge in [0.25, 0.3) is 0 Å². The Morgan fingerprint density at radius 2 is 1.65 bits per heavy atom. The highest BCUT2D eigenvalue weighted by Crippen LogP contribution is 2.31. The number of anilines is 1. The zero-order valence-corrected chi connectivity index (χ0v) is 18.8. The number of rotatable bonds is 5. The van der Waals surface area contributed by atoms with Crippen LogP contribution in [0.1, 0.15) is 39.5 Å². The zero-order chi connectivity index (χ0) is 21.8. The molecule has 31 heavy (non-hydrogen) atoms. The van der Waals surface area contributed by atoms with Crippen molar-refractivity contribution in [1.29, 1.82) is 0 Å². The van der Waals surface area contributed by atoms with Gasteiger partial charge in [-0.05, 0) is 44.7 Å². The molecule has 7 heteroatoms. The first-order valence-electron chi connectivity index (χ1n) is 11.7. The number of hydrogen-bond acceptors (Lipinski definition) is 5. The molecule has 0 saturated carbocycles. The van der Waals surface area contributed by atoms with Gasteiger partial charge < -0.3 is 19.3 Å². The van der Waals surface area contributed by atoms with Crippen molar-refractivity contribution in [2.24, 2.45) is 5.92 Å². The predicted octanol–water partition coefficient (Wildman–Crippen LogP) is 2.54. The summed E-state index contributed by atoms with van der Waals surface area (Å²) in [5.74, 6) is 1.46. The molecule has 2 unspecified atom stereocenters. The van der Waals surface area contributed by atoms with Crippen LogP contribution in [0.15, 0.2) is 24.3 Å². The van der Waals surface area contributed by atoms with E-state index in [1.54, 1.807) is 4.90 Å². The second-order valence-electron chi connectivity index (χ2n) is 9.16. The molecule has 2 atom stereocenters. The first-order valence-corrected chi connectivity index (χ1v) is 11.7. The van der Waals surface area contributed by atoms with E-state index in [-0.39, 0.29) is 24.7 Å². The Morgan fingerprint density at radius 3 is 2.39 bits per heavy atom. The van der Waals surface area contributed by atoms with Gasteiger partial charge in [0.05, 0.1) is 24.4 Å². The topological polar surface area (TPSA) is 62.3 Å². The van der Waals surface area contributed by atoms with E-state index in [0.717, 1.165) is 57.0 Å². The molecular formula is C24H35N3O4. The van der Waals surface area contributed by atoms with Crippen LogP contribution < -0.4 is 9.64 Å². The number of nitrogens with zero attached hydrogens (tertiary/aromatic N) is 3. The molecular weight excluding hydrogens is 394 g/mol. The van der Waals surface area contributed by atoms with Gasteiger partial charge in [-0.15, -0.1) is 0 Å². The van der Waals surface area contributed by atoms with Gasteiger partial charge in [0, 0.05) is 45.6 Å². The van der Waals surface area contributed by atoms with Crippen molar-refractivity contribution in [3.8, 4) is 5.75 Å². The molecule has 0 bridgehead atoms. The number of fused-ring (bicyclic) bond motifs is 1. The molecule has 7 nitrogen and oxygen atoms in total. The average Bonchev–Trinajstić information content (AvgIpc) is 2.76. The standard InChI is InChI=1S/C24H35N3O4/c1-18-15-25(16-19(2)31-18)17-20-9-11-26(12-10-20)23(28)7-8-24(29)27-13-14-30-22-6-4-3-5-21(22)27/h3-6,18-20H,7-17H2,1-2H3. The number of morpholine rings is 1. The number of likely N-dealkylation sites (tertiary alicyclic amines) is 1. The summed E-state index contributed by atoms with van der Waals surface area (Å²) in [7, 11) is 0. The van der Waals surface area contributed by atoms with E-state index in [2.05, 4.69) is 18.7 Å². The molecule has 2 saturated heterocycles. The second kappa shape index (κ2) is 10.0. The maximum Gasteiger partial charge on any atom is 0.227 e. The van der Waals surface area contributed by atoms with Gasteiger partial charge in [0.2, 0.25) is 11.8 Å². The lowest BCUT2D eigenvalue weighted by Crippen LogP contribution is -2.48. The molecule has 1 aromatic carbocycles. The average molecular weight is 430 g/mol. The molecule has 0 aromatic heterocycles. The van der Waals surface area contributed by atoms with E-state index in [9.17, 15) is 9.59 Å². The summed E-state index contributed by atoms with van der Waals surface area (Å²) in [6.07, 6.45) is 3.19. The van der Waals surface area contributed by atoms with Crippen LogP contribution in [0, 0.1) is 5.92 Å². The van der Waals surface area contributed by atoms with Crippen LogP contribution in [-0.2, 0) is 14.3 Å². The monoisotopic (exact) mass is 429 g/mol. The van der Waals surface area contributed by atoms with E-state index in [1.807, 2.05) is 29.2 Å². The van der Waals surface area contributed by atoms with Crippen molar-refractivity contribution in [2.45, 2.75) is 51.7 Å². The van der Waals surface area contributed by atoms with Crippen molar-refractivity contribution in [1.82, 2.24) is 9.80 Å². The van der Waals surface area contributed by atoms with Crippen molar-refractivity contribution >= 4 is 17.5 Å². The summed E-state index contributed by atoms with van der Waals surface area (Å²) in [4.78, 5) is 31.7. The predicted molar refractivity (Wildman–Crippen MR) is 119 cm³/mol. The minimum absolute atomic E-state index is 0.00505. The number of para-hydroxylation sites is 2. The van der Waals surface area contributed by atoms with Gasteiger partial charge in [-0.3, -0.25) is 14.5 Å². The maximum absolute atomic E-state index is 12.8. The quantitative estimate of drug-likeness (QED) is 0.720. The number of hydrogen-bond donors (Lipinski definition) is 0. The highest BCUT2D eigenvalue weighted by atomic mass is 16.5. The molecule has 1 aromatic rings. The van der Waals surface area contributed by atoms with Gasteiger partial charge in [-0.2, -0.15) is 0 Å². The third-order valence-corrected chi connectivity index (χ3v) is 6.56. The molecule has 2 amide bonds. The van der Waals surface area contributed by atoms with E-state index < -0.39 is 0 Å². The Balaban J connectivity index is 1.21. The fourth-order valence-electron chi connectivity index (χ4n) is 5.10. The molecule has 3 aliphatic rings. The molecule has 0 aliphatic carbocycles. The smallest absolute Gasteiger partial charge is 0.227 e. The van der Waals surface area contributed by atoms with Gasteiger partial charge in [-0.1, -0.05) is 12.1 Å². The fraction of sp³-hybridized carbons (Fsp3) is 0.667. The van der Waals surface area contributed by atoms with Crippen LogP contribution in [0.25, 0.3) is 0 Å². The third kappa shape index (κ3) is 5.57. The lowest BCUT2D eigenvalue weighted by molar-refractivity contribution is -0.134. The van der Waals surface area contributed by atoms with Crippen LogP contribution in [0.2, 0.25) is 0 Å². The van der Waals surface area contributed by atoms with E-state index in [1.165, 1.54) is 0 Å². The van der Waals surface area contributed by atoms with Gasteiger partial charge >= 0.3 is 0 Å². The van der Waals surface area contributed by atoms with Crippen LogP contribution in [-0.4, -0.2) is 79.7 Å². The molecule has 0 radical (unpaired) electrons. The first kappa shape index (κ1) is 22.1. The molecule has 4 rings (SSSR count). The summed E-state index contributed by atoms with van der Waals surface area (Å²) in [5.41, 5.74) is 0.804. The van der Waals surface area contributed by atoms with E-state index >= 15 is 0 Å². The Bertz CT molecular complexity index is 768. The first-order chi connectivity index (χ1) is 15.0. The normalized spacial score (nSPS) is 25.1. The summed E-state index contributed by atoms with van der Waals surface area (Å²) in [6.45, 7) is 9.99. The van der Waals surface area contributed by atoms with Crippen LogP contribution >= 0.6 is 0 Å². The zero-order valence-electron chi connectivity index (χ0n) is 18.8. The maximum atomic E-state index is 12.8. The molecule has 3 aliphatic heterocycles. The van der Waals surface area contributed by atoms with Crippen molar-refractivity contribution in [3.05, 3.63) is 24.3 Å². The van der Waals surface area contributed by atoms with Crippen molar-refractivity contribution in [2.75, 3.05) is 50.8 Å². The fourth-order valence-corrected chi connectivity index (χ4v) is 5.10. The SMILES string of the molecule is CC1CN(CC2CCN(C(=O)CCC(=O)N3CCOc4ccccc43)CC2)CC(C)O1. The molecule has 0 N–H and O–H groups in total. The minimum Gasteiger partial charge on any atom is -0.490 e. The molecule has 2 fully saturated rings. The number of ether oxygens (including phenoxy) is 2. The summed E-state index contributed by atoms with van der Waals surface area (Å²) in [5, 5.41) is 0. The number of amides is 2. The summed E-state index contributed by atoms with van der Waals surface area (Å²) in [6, 6.07) is 7.58. The van der Waals surface area contributed by atoms with Gasteiger partial charge in [0.15, 0.2) is 0 Å². The highest BCUT2D eigenvalue weighted by molar-refractivity contribution is 5.97. The Hall–Kier alpha value is -2.12. The Labute approximate surface area is 185 Å². The van der Waals surface area contributed by atoms with Crippen LogP contribution in [0.4, 0.5) is 5.69 Å². The molecule has 0 spiro atoms. The number of carbonyl (C=O) groups excluding carboxylic acids is 2. The van der Waals surface area contributed by atoms with Crippen LogP contribution in [0.5, 0.6) is 5.75 Å². The molecule has 3 heterocycles. The Kier molecular flexibility index (Phi) is 7.13. The summed E-state index contributed by atoms with van der Waals surface area (Å²) < 4.78 is 11.5. The van der Waals surface area contributed by atoms with Gasteiger partial charge in [-0.25, -0.2) is 0 Å². The molecule has 170 valence electrons. The summed E-state index contributed by atoms with van der Waals surface area (Å²) >= 11 is 0. The van der Waals surface area contributed by atoms with Crippen LogP contribution in [0.3, 0.4) is 0 Å². The highest BCUT2D eigenvalue weighted by Gasteiger charge is 2.29. The van der Waals surface area contributed by atoms with Crippen molar-refractivity contribution < 1.29 is 19.1 Å². The number of carbonyl (C=O) groups is 2. The minimum atomic E-state index is -0.00505. The van der Waals surface area contributed by atoms with Gasteiger partial charge in [0.1, 0.15) is 12.4 Å². The van der Waals surface area contributed by atoms with Crippen molar-refractivity contribution in [3.63, 3.8) is 0 Å². The number of piperidine rings is 1. The Morgan fingerprint density at radius 1 is 0.968 bits per heavy atom. The second-order valence-corrected chi connectivity index (χ2v) is 9.16.